The molecule has 1 fully saturated rings. The lowest BCUT2D eigenvalue weighted by Gasteiger charge is -2.25. The summed E-state index contributed by atoms with van der Waals surface area (Å²) in [7, 11) is 0. The van der Waals surface area contributed by atoms with E-state index in [4.69, 9.17) is 10.3 Å². The average molecular weight is 284 g/mol. The van der Waals surface area contributed by atoms with Gasteiger partial charge in [-0.25, -0.2) is 4.98 Å². The summed E-state index contributed by atoms with van der Waals surface area (Å²) in [5.74, 6) is 1.35. The van der Waals surface area contributed by atoms with Gasteiger partial charge in [0.05, 0.1) is 18.3 Å². The monoisotopic (exact) mass is 284 g/mol. The summed E-state index contributed by atoms with van der Waals surface area (Å²) in [6, 6.07) is 0.110. The maximum Gasteiger partial charge on any atom is 0.231 e. The summed E-state index contributed by atoms with van der Waals surface area (Å²) >= 11 is 0. The summed E-state index contributed by atoms with van der Waals surface area (Å²) in [5.41, 5.74) is 7.73. The number of nitrogens with two attached hydrogens (primary N) is 1. The van der Waals surface area contributed by atoms with Gasteiger partial charge in [-0.3, -0.25) is 9.38 Å². The Kier molecular flexibility index (Phi) is 2.92. The first-order valence-corrected chi connectivity index (χ1v) is 7.19. The molecule has 2 atom stereocenters. The molecule has 0 aromatic carbocycles. The first-order chi connectivity index (χ1) is 10.3. The minimum absolute atomic E-state index is 0.110. The second-order valence-corrected chi connectivity index (χ2v) is 5.46. The van der Waals surface area contributed by atoms with Crippen LogP contribution in [0.15, 0.2) is 29.3 Å². The SMILES string of the molecule is N[C@@H]1CCCC[C@@H]1c1nc(-c2cnc3cnccn23)no1. The van der Waals surface area contributed by atoms with Crippen LogP contribution in [0.5, 0.6) is 0 Å². The summed E-state index contributed by atoms with van der Waals surface area (Å²) in [6.45, 7) is 0. The molecule has 1 saturated carbocycles. The van der Waals surface area contributed by atoms with Crippen molar-refractivity contribution in [2.24, 2.45) is 5.73 Å². The number of hydrogen-bond acceptors (Lipinski definition) is 6. The molecule has 3 aromatic heterocycles. The minimum atomic E-state index is 0.110. The molecule has 3 aromatic rings. The predicted octanol–water partition coefficient (Wildman–Crippen LogP) is 1.76. The molecule has 0 amide bonds. The molecule has 0 aliphatic heterocycles. The van der Waals surface area contributed by atoms with Crippen molar-refractivity contribution in [2.45, 2.75) is 37.6 Å². The molecule has 7 nitrogen and oxygen atoms in total. The van der Waals surface area contributed by atoms with Crippen LogP contribution >= 0.6 is 0 Å². The highest BCUT2D eigenvalue weighted by molar-refractivity contribution is 5.55. The van der Waals surface area contributed by atoms with Gasteiger partial charge in [0.15, 0.2) is 5.65 Å². The van der Waals surface area contributed by atoms with Crippen molar-refractivity contribution in [3.63, 3.8) is 0 Å². The Labute approximate surface area is 121 Å². The summed E-state index contributed by atoms with van der Waals surface area (Å²) in [6.07, 6.45) is 11.3. The van der Waals surface area contributed by atoms with Crippen molar-refractivity contribution in [1.29, 1.82) is 0 Å². The molecule has 7 heteroatoms. The summed E-state index contributed by atoms with van der Waals surface area (Å²) < 4.78 is 7.34. The van der Waals surface area contributed by atoms with Gasteiger partial charge in [0, 0.05) is 18.4 Å². The van der Waals surface area contributed by atoms with Crippen LogP contribution < -0.4 is 5.73 Å². The first kappa shape index (κ1) is 12.5. The van der Waals surface area contributed by atoms with Gasteiger partial charge in [-0.05, 0) is 12.8 Å². The van der Waals surface area contributed by atoms with E-state index in [1.54, 1.807) is 18.6 Å². The third-order valence-electron chi connectivity index (χ3n) is 4.12. The van der Waals surface area contributed by atoms with Crippen LogP contribution in [0.25, 0.3) is 17.2 Å². The predicted molar refractivity (Wildman–Crippen MR) is 75.5 cm³/mol. The molecule has 1 aliphatic carbocycles. The lowest BCUT2D eigenvalue weighted by Crippen LogP contribution is -2.31. The van der Waals surface area contributed by atoms with Crippen LogP contribution in [-0.4, -0.2) is 30.6 Å². The molecule has 0 saturated heterocycles. The Morgan fingerprint density at radius 3 is 3.05 bits per heavy atom. The Morgan fingerprint density at radius 2 is 2.14 bits per heavy atom. The van der Waals surface area contributed by atoms with Gasteiger partial charge >= 0.3 is 0 Å². The van der Waals surface area contributed by atoms with Gasteiger partial charge in [0.1, 0.15) is 5.69 Å². The van der Waals surface area contributed by atoms with Gasteiger partial charge in [0.25, 0.3) is 0 Å². The minimum Gasteiger partial charge on any atom is -0.339 e. The lowest BCUT2D eigenvalue weighted by molar-refractivity contribution is 0.290. The molecule has 1 aliphatic rings. The fourth-order valence-corrected chi connectivity index (χ4v) is 2.96. The van der Waals surface area contributed by atoms with Crippen molar-refractivity contribution in [1.82, 2.24) is 24.5 Å². The number of fused-ring (bicyclic) bond motifs is 1. The molecule has 4 rings (SSSR count). The lowest BCUT2D eigenvalue weighted by atomic mass is 9.85. The van der Waals surface area contributed by atoms with Gasteiger partial charge in [-0.15, -0.1) is 0 Å². The van der Waals surface area contributed by atoms with Crippen molar-refractivity contribution in [3.05, 3.63) is 30.7 Å². The van der Waals surface area contributed by atoms with Crippen LogP contribution in [0.3, 0.4) is 0 Å². The molecular weight excluding hydrogens is 268 g/mol. The number of rotatable bonds is 2. The Balaban J connectivity index is 1.71. The van der Waals surface area contributed by atoms with E-state index in [9.17, 15) is 0 Å². The molecule has 3 heterocycles. The highest BCUT2D eigenvalue weighted by atomic mass is 16.5. The van der Waals surface area contributed by atoms with E-state index < -0.39 is 0 Å². The van der Waals surface area contributed by atoms with E-state index >= 15 is 0 Å². The fraction of sp³-hybridized carbons (Fsp3) is 0.429. The zero-order valence-corrected chi connectivity index (χ0v) is 11.5. The standard InChI is InChI=1S/C14H16N6O/c15-10-4-2-1-3-9(10)14-18-13(19-21-14)11-7-17-12-8-16-5-6-20(11)12/h5-10H,1-4,15H2/t9-,10+/m0/s1. The molecule has 0 bridgehead atoms. The smallest absolute Gasteiger partial charge is 0.231 e. The van der Waals surface area contributed by atoms with Gasteiger partial charge in [-0.2, -0.15) is 4.98 Å². The van der Waals surface area contributed by atoms with Crippen LogP contribution in [0.2, 0.25) is 0 Å². The van der Waals surface area contributed by atoms with E-state index in [2.05, 4.69) is 20.1 Å². The molecule has 2 N–H and O–H groups in total. The average Bonchev–Trinajstić information content (AvgIpc) is 3.14. The van der Waals surface area contributed by atoms with E-state index in [-0.39, 0.29) is 12.0 Å². The molecule has 108 valence electrons. The highest BCUT2D eigenvalue weighted by Gasteiger charge is 2.28. The first-order valence-electron chi connectivity index (χ1n) is 7.19. The number of aromatic nitrogens is 5. The van der Waals surface area contributed by atoms with Crippen LogP contribution in [0, 0.1) is 0 Å². The molecule has 21 heavy (non-hydrogen) atoms. The highest BCUT2D eigenvalue weighted by Crippen LogP contribution is 2.32. The molecule has 0 radical (unpaired) electrons. The van der Waals surface area contributed by atoms with Crippen molar-refractivity contribution in [3.8, 4) is 11.5 Å². The Morgan fingerprint density at radius 1 is 1.24 bits per heavy atom. The van der Waals surface area contributed by atoms with Crippen LogP contribution in [0.1, 0.15) is 37.5 Å². The third-order valence-corrected chi connectivity index (χ3v) is 4.12. The quantitative estimate of drug-likeness (QED) is 0.770. The molecular formula is C14H16N6O. The van der Waals surface area contributed by atoms with Crippen LogP contribution in [0.4, 0.5) is 0 Å². The van der Waals surface area contributed by atoms with Gasteiger partial charge in [0.2, 0.25) is 11.7 Å². The second-order valence-electron chi connectivity index (χ2n) is 5.46. The van der Waals surface area contributed by atoms with Gasteiger partial charge < -0.3 is 10.3 Å². The number of imidazole rings is 1. The van der Waals surface area contributed by atoms with Crippen LogP contribution in [-0.2, 0) is 0 Å². The zero-order valence-electron chi connectivity index (χ0n) is 11.5. The third kappa shape index (κ3) is 2.09. The number of hydrogen-bond donors (Lipinski definition) is 1. The maximum atomic E-state index is 6.18. The van der Waals surface area contributed by atoms with Crippen molar-refractivity contribution in [2.75, 3.05) is 0 Å². The topological polar surface area (TPSA) is 95.1 Å². The van der Waals surface area contributed by atoms with Crippen molar-refractivity contribution >= 4 is 5.65 Å². The summed E-state index contributed by atoms with van der Waals surface area (Å²) in [5, 5.41) is 4.10. The molecule has 0 unspecified atom stereocenters. The van der Waals surface area contributed by atoms with E-state index in [1.165, 1.54) is 6.42 Å². The zero-order chi connectivity index (χ0) is 14.2. The summed E-state index contributed by atoms with van der Waals surface area (Å²) in [4.78, 5) is 12.9. The van der Waals surface area contributed by atoms with Crippen molar-refractivity contribution < 1.29 is 4.52 Å². The number of nitrogens with zero attached hydrogens (tertiary/aromatic N) is 5. The van der Waals surface area contributed by atoms with Gasteiger partial charge in [-0.1, -0.05) is 18.0 Å². The largest absolute Gasteiger partial charge is 0.339 e. The maximum absolute atomic E-state index is 6.18. The van der Waals surface area contributed by atoms with E-state index in [1.807, 2.05) is 10.6 Å². The molecule has 0 spiro atoms. The van der Waals surface area contributed by atoms with E-state index in [0.717, 1.165) is 30.6 Å². The Bertz CT molecular complexity index is 764. The second kappa shape index (κ2) is 4.92. The fourth-order valence-electron chi connectivity index (χ4n) is 2.96. The normalized spacial score (nSPS) is 22.7. The Hall–Kier alpha value is -2.28. The van der Waals surface area contributed by atoms with E-state index in [0.29, 0.717) is 11.7 Å².